The van der Waals surface area contributed by atoms with Gasteiger partial charge in [-0.3, -0.25) is 9.59 Å². The lowest BCUT2D eigenvalue weighted by Gasteiger charge is -2.35. The molecule has 0 aromatic heterocycles. The minimum absolute atomic E-state index is 0.0242. The van der Waals surface area contributed by atoms with Crippen LogP contribution in [0.2, 0.25) is 0 Å². The van der Waals surface area contributed by atoms with Gasteiger partial charge in [-0.05, 0) is 12.3 Å². The van der Waals surface area contributed by atoms with Crippen LogP contribution in [0.5, 0.6) is 0 Å². The number of sulfonamides is 1. The van der Waals surface area contributed by atoms with Crippen molar-refractivity contribution in [3.05, 3.63) is 0 Å². The van der Waals surface area contributed by atoms with Crippen LogP contribution in [0, 0.1) is 5.92 Å². The Morgan fingerprint density at radius 3 is 2.57 bits per heavy atom. The zero-order valence-electron chi connectivity index (χ0n) is 13.9. The lowest BCUT2D eigenvalue weighted by molar-refractivity contribution is -0.141. The second-order valence-corrected chi connectivity index (χ2v) is 8.20. The van der Waals surface area contributed by atoms with Gasteiger partial charge in [-0.1, -0.05) is 13.8 Å². The number of rotatable bonds is 8. The summed E-state index contributed by atoms with van der Waals surface area (Å²) in [5.41, 5.74) is 0. The van der Waals surface area contributed by atoms with Gasteiger partial charge in [-0.15, -0.1) is 0 Å². The van der Waals surface area contributed by atoms with E-state index in [1.807, 2.05) is 13.8 Å². The van der Waals surface area contributed by atoms with Crippen LogP contribution in [0.4, 0.5) is 0 Å². The summed E-state index contributed by atoms with van der Waals surface area (Å²) in [7, 11) is -3.65. The van der Waals surface area contributed by atoms with Crippen LogP contribution in [-0.4, -0.2) is 79.8 Å². The number of hydrogen-bond donors (Lipinski definition) is 1. The van der Waals surface area contributed by atoms with Gasteiger partial charge in [0.25, 0.3) is 0 Å². The fraction of sp³-hybridized carbons (Fsp3) is 0.857. The Kier molecular flexibility index (Phi) is 7.43. The highest BCUT2D eigenvalue weighted by molar-refractivity contribution is 7.88. The molecule has 0 radical (unpaired) electrons. The van der Waals surface area contributed by atoms with Gasteiger partial charge in [0, 0.05) is 26.1 Å². The van der Waals surface area contributed by atoms with Crippen LogP contribution in [0.15, 0.2) is 0 Å². The summed E-state index contributed by atoms with van der Waals surface area (Å²) in [5, 5.41) is 8.83. The Labute approximate surface area is 137 Å². The molecule has 0 aromatic rings. The van der Waals surface area contributed by atoms with Gasteiger partial charge in [0.2, 0.25) is 15.9 Å². The minimum Gasteiger partial charge on any atom is -0.480 e. The van der Waals surface area contributed by atoms with Crippen molar-refractivity contribution in [3.8, 4) is 0 Å². The smallest absolute Gasteiger partial charge is 0.318 e. The molecule has 0 saturated carbocycles. The number of hydrogen-bond acceptors (Lipinski definition) is 5. The first-order valence-electron chi connectivity index (χ1n) is 7.66. The van der Waals surface area contributed by atoms with Crippen LogP contribution in [0.3, 0.4) is 0 Å². The molecule has 8 nitrogen and oxygen atoms in total. The standard InChI is InChI=1S/C14H26N2O6S/c1-11(2)4-5-13(17)15-6-7-22-12(8-15)9-16(10-14(18)19)23(3,20)21/h11-12H,4-10H2,1-3H3,(H,18,19). The summed E-state index contributed by atoms with van der Waals surface area (Å²) in [6.07, 6.45) is 1.70. The predicted octanol–water partition coefficient (Wildman–Crippen LogP) is -0.00380. The van der Waals surface area contributed by atoms with Crippen LogP contribution < -0.4 is 0 Å². The number of carbonyl (C=O) groups is 2. The maximum atomic E-state index is 12.2. The fourth-order valence-electron chi connectivity index (χ4n) is 2.32. The summed E-state index contributed by atoms with van der Waals surface area (Å²) in [5.74, 6) is -0.765. The Morgan fingerprint density at radius 2 is 2.04 bits per heavy atom. The van der Waals surface area contributed by atoms with Crippen LogP contribution >= 0.6 is 0 Å². The Balaban J connectivity index is 2.62. The third kappa shape index (κ3) is 7.28. The number of morpholine rings is 1. The van der Waals surface area contributed by atoms with Crippen molar-refractivity contribution in [2.75, 3.05) is 39.0 Å². The molecule has 134 valence electrons. The molecule has 9 heteroatoms. The Hall–Kier alpha value is -1.19. The molecule has 0 aromatic carbocycles. The number of amides is 1. The highest BCUT2D eigenvalue weighted by Crippen LogP contribution is 2.13. The maximum absolute atomic E-state index is 12.2. The van der Waals surface area contributed by atoms with Crippen molar-refractivity contribution in [2.45, 2.75) is 32.8 Å². The van der Waals surface area contributed by atoms with E-state index in [4.69, 9.17) is 9.84 Å². The van der Waals surface area contributed by atoms with Gasteiger partial charge >= 0.3 is 5.97 Å². The number of ether oxygens (including phenoxy) is 1. The van der Waals surface area contributed by atoms with Crippen LogP contribution in [0.25, 0.3) is 0 Å². The minimum atomic E-state index is -3.65. The monoisotopic (exact) mass is 350 g/mol. The van der Waals surface area contributed by atoms with Crippen molar-refractivity contribution >= 4 is 21.9 Å². The molecule has 0 spiro atoms. The molecule has 1 aliphatic heterocycles. The second-order valence-electron chi connectivity index (χ2n) is 6.21. The highest BCUT2D eigenvalue weighted by atomic mass is 32.2. The van der Waals surface area contributed by atoms with Crippen molar-refractivity contribution in [2.24, 2.45) is 5.92 Å². The van der Waals surface area contributed by atoms with Gasteiger partial charge in [0.05, 0.1) is 19.0 Å². The topological polar surface area (TPSA) is 104 Å². The fourth-order valence-corrected chi connectivity index (χ4v) is 3.10. The normalized spacial score (nSPS) is 19.3. The number of carboxylic acids is 1. The van der Waals surface area contributed by atoms with Crippen molar-refractivity contribution in [3.63, 3.8) is 0 Å². The van der Waals surface area contributed by atoms with Crippen molar-refractivity contribution < 1.29 is 27.9 Å². The molecule has 23 heavy (non-hydrogen) atoms. The third-order valence-corrected chi connectivity index (χ3v) is 4.83. The van der Waals surface area contributed by atoms with Crippen LogP contribution in [0.1, 0.15) is 26.7 Å². The van der Waals surface area contributed by atoms with E-state index < -0.39 is 28.6 Å². The summed E-state index contributed by atoms with van der Waals surface area (Å²) in [6.45, 7) is 4.49. The van der Waals surface area contributed by atoms with E-state index in [9.17, 15) is 18.0 Å². The molecular weight excluding hydrogens is 324 g/mol. The summed E-state index contributed by atoms with van der Waals surface area (Å²) < 4.78 is 29.7. The highest BCUT2D eigenvalue weighted by Gasteiger charge is 2.29. The molecule has 1 atom stereocenters. The van der Waals surface area contributed by atoms with E-state index in [2.05, 4.69) is 0 Å². The van der Waals surface area contributed by atoms with Gasteiger partial charge in [-0.2, -0.15) is 4.31 Å². The molecule has 1 N–H and O–H groups in total. The maximum Gasteiger partial charge on any atom is 0.318 e. The molecule has 1 heterocycles. The second kappa shape index (κ2) is 8.60. The molecule has 1 rings (SSSR count). The average Bonchev–Trinajstić information content (AvgIpc) is 2.43. The van der Waals surface area contributed by atoms with Crippen molar-refractivity contribution in [1.29, 1.82) is 0 Å². The van der Waals surface area contributed by atoms with Crippen LogP contribution in [-0.2, 0) is 24.3 Å². The molecule has 1 unspecified atom stereocenters. The largest absolute Gasteiger partial charge is 0.480 e. The Morgan fingerprint density at radius 1 is 1.39 bits per heavy atom. The van der Waals surface area contributed by atoms with Gasteiger partial charge in [0.1, 0.15) is 6.54 Å². The first kappa shape index (κ1) is 19.9. The van der Waals surface area contributed by atoms with Crippen molar-refractivity contribution in [1.82, 2.24) is 9.21 Å². The third-order valence-electron chi connectivity index (χ3n) is 3.61. The zero-order valence-corrected chi connectivity index (χ0v) is 14.7. The molecule has 1 fully saturated rings. The molecule has 1 amide bonds. The van der Waals surface area contributed by atoms with E-state index in [1.54, 1.807) is 4.90 Å². The lowest BCUT2D eigenvalue weighted by atomic mass is 10.1. The first-order valence-corrected chi connectivity index (χ1v) is 9.50. The number of carboxylic acid groups (broad SMARTS) is 1. The van der Waals surface area contributed by atoms with E-state index in [-0.39, 0.29) is 19.0 Å². The van der Waals surface area contributed by atoms with E-state index in [0.717, 1.165) is 17.0 Å². The van der Waals surface area contributed by atoms with E-state index >= 15 is 0 Å². The first-order chi connectivity index (χ1) is 10.6. The SMILES string of the molecule is CC(C)CCC(=O)N1CCOC(CN(CC(=O)O)S(C)(=O)=O)C1. The lowest BCUT2D eigenvalue weighted by Crippen LogP contribution is -2.51. The summed E-state index contributed by atoms with van der Waals surface area (Å²) >= 11 is 0. The van der Waals surface area contributed by atoms with E-state index in [0.29, 0.717) is 25.5 Å². The predicted molar refractivity (Wildman–Crippen MR) is 84.4 cm³/mol. The van der Waals surface area contributed by atoms with Gasteiger partial charge < -0.3 is 14.7 Å². The zero-order chi connectivity index (χ0) is 17.6. The molecule has 0 aliphatic carbocycles. The average molecular weight is 350 g/mol. The number of carbonyl (C=O) groups excluding carboxylic acids is 1. The number of aliphatic carboxylic acids is 1. The van der Waals surface area contributed by atoms with E-state index in [1.165, 1.54) is 0 Å². The summed E-state index contributed by atoms with van der Waals surface area (Å²) in [6, 6.07) is 0. The Bertz CT molecular complexity index is 519. The quantitative estimate of drug-likeness (QED) is 0.660. The molecule has 1 aliphatic rings. The van der Waals surface area contributed by atoms with Gasteiger partial charge in [0.15, 0.2) is 0 Å². The molecule has 1 saturated heterocycles. The van der Waals surface area contributed by atoms with Gasteiger partial charge in [-0.25, -0.2) is 8.42 Å². The summed E-state index contributed by atoms with van der Waals surface area (Å²) in [4.78, 5) is 24.6. The molecular formula is C14H26N2O6S. The molecule has 0 bridgehead atoms. The number of nitrogens with zero attached hydrogens (tertiary/aromatic N) is 2.